The predicted octanol–water partition coefficient (Wildman–Crippen LogP) is 0.602. The fraction of sp³-hybridized carbons (Fsp3) is 0.471. The molecule has 2 fully saturated rings. The summed E-state index contributed by atoms with van der Waals surface area (Å²) in [7, 11) is -3.23. The fourth-order valence-corrected chi connectivity index (χ4v) is 3.84. The zero-order valence-electron chi connectivity index (χ0n) is 14.4. The summed E-state index contributed by atoms with van der Waals surface area (Å²) in [5, 5.41) is 0. The first-order chi connectivity index (χ1) is 12.3. The zero-order chi connectivity index (χ0) is 18.9. The molecule has 0 radical (unpaired) electrons. The van der Waals surface area contributed by atoms with Gasteiger partial charge in [-0.3, -0.25) is 9.59 Å². The smallest absolute Gasteiger partial charge is 0.417 e. The second kappa shape index (κ2) is 7.06. The molecule has 0 aliphatic carbocycles. The Bertz CT molecular complexity index is 817. The number of rotatable bonds is 5. The van der Waals surface area contributed by atoms with Gasteiger partial charge < -0.3 is 9.64 Å². The lowest BCUT2D eigenvalue weighted by atomic mass is 10.1. The van der Waals surface area contributed by atoms with E-state index < -0.39 is 15.9 Å². The number of hydrogen-bond acceptors (Lipinski definition) is 6. The first-order valence-corrected chi connectivity index (χ1v) is 10.2. The fourth-order valence-electron chi connectivity index (χ4n) is 3.21. The molecule has 3 rings (SSSR count). The number of carbonyl (C=O) groups excluding carboxylic acids is 3. The zero-order valence-corrected chi connectivity index (χ0v) is 15.2. The maximum Gasteiger partial charge on any atom is 0.417 e. The average Bonchev–Trinajstić information content (AvgIpc) is 3.19. The van der Waals surface area contributed by atoms with E-state index in [-0.39, 0.29) is 35.8 Å². The lowest BCUT2D eigenvalue weighted by Crippen LogP contribution is -2.42. The van der Waals surface area contributed by atoms with Crippen LogP contribution >= 0.6 is 0 Å². The third-order valence-electron chi connectivity index (χ3n) is 4.64. The average molecular weight is 380 g/mol. The monoisotopic (exact) mass is 380 g/mol. The third-order valence-corrected chi connectivity index (χ3v) is 5.77. The van der Waals surface area contributed by atoms with Gasteiger partial charge in [-0.25, -0.2) is 18.1 Å². The molecule has 8 nitrogen and oxygen atoms in total. The van der Waals surface area contributed by atoms with E-state index >= 15 is 0 Å². The first kappa shape index (κ1) is 18.4. The summed E-state index contributed by atoms with van der Waals surface area (Å²) in [6.07, 6.45) is 1.84. The largest absolute Gasteiger partial charge is 0.439 e. The number of aryl methyl sites for hydroxylation is 1. The Hall–Kier alpha value is -2.42. The number of likely N-dealkylation sites (tertiary alicyclic amines) is 1. The molecular weight excluding hydrogens is 360 g/mol. The van der Waals surface area contributed by atoms with Gasteiger partial charge in [-0.15, -0.1) is 0 Å². The SMILES string of the molecule is CS(=O)(=O)c1ccc(CCC(=O)N2CCC(N3C(=O)COC3=O)C2)cc1. The van der Waals surface area contributed by atoms with Crippen molar-refractivity contribution in [1.82, 2.24) is 9.80 Å². The van der Waals surface area contributed by atoms with E-state index in [2.05, 4.69) is 0 Å². The van der Waals surface area contributed by atoms with Gasteiger partial charge in [0.1, 0.15) is 0 Å². The number of nitrogens with zero attached hydrogens (tertiary/aromatic N) is 2. The molecule has 3 amide bonds. The van der Waals surface area contributed by atoms with Crippen molar-refractivity contribution in [3.8, 4) is 0 Å². The minimum absolute atomic E-state index is 0.0558. The van der Waals surface area contributed by atoms with Crippen molar-refractivity contribution in [2.75, 3.05) is 26.0 Å². The maximum absolute atomic E-state index is 12.4. The number of ether oxygens (including phenoxy) is 1. The lowest BCUT2D eigenvalue weighted by Gasteiger charge is -2.20. The normalized spacial score (nSPS) is 20.6. The molecule has 2 heterocycles. The van der Waals surface area contributed by atoms with E-state index in [1.54, 1.807) is 17.0 Å². The number of carbonyl (C=O) groups is 3. The molecule has 140 valence electrons. The second-order valence-electron chi connectivity index (χ2n) is 6.52. The van der Waals surface area contributed by atoms with Gasteiger partial charge in [-0.05, 0) is 30.5 Å². The van der Waals surface area contributed by atoms with Gasteiger partial charge in [0.15, 0.2) is 16.4 Å². The molecule has 2 aliphatic heterocycles. The Morgan fingerprint density at radius 3 is 2.50 bits per heavy atom. The Labute approximate surface area is 151 Å². The van der Waals surface area contributed by atoms with Crippen LogP contribution in [0.3, 0.4) is 0 Å². The minimum atomic E-state index is -3.23. The maximum atomic E-state index is 12.4. The summed E-state index contributed by atoms with van der Waals surface area (Å²) in [5.74, 6) is -0.417. The molecule has 0 aromatic heterocycles. The van der Waals surface area contributed by atoms with Crippen LogP contribution in [0.2, 0.25) is 0 Å². The van der Waals surface area contributed by atoms with Crippen LogP contribution < -0.4 is 0 Å². The standard InChI is InChI=1S/C17H20N2O6S/c1-26(23,24)14-5-2-12(3-6-14)4-7-15(20)18-9-8-13(10-18)19-16(21)11-25-17(19)22/h2-3,5-6,13H,4,7-11H2,1H3. The Kier molecular flexibility index (Phi) is 4.99. The first-order valence-electron chi connectivity index (χ1n) is 8.31. The summed E-state index contributed by atoms with van der Waals surface area (Å²) in [5.41, 5.74) is 0.875. The quantitative estimate of drug-likeness (QED) is 0.742. The van der Waals surface area contributed by atoms with Gasteiger partial charge in [-0.2, -0.15) is 0 Å². The molecule has 9 heteroatoms. The molecule has 1 unspecified atom stereocenters. The minimum Gasteiger partial charge on any atom is -0.439 e. The summed E-state index contributed by atoms with van der Waals surface area (Å²) in [4.78, 5) is 38.7. The molecule has 0 N–H and O–H groups in total. The molecule has 2 saturated heterocycles. The van der Waals surface area contributed by atoms with Crippen LogP contribution in [0.5, 0.6) is 0 Å². The van der Waals surface area contributed by atoms with Gasteiger partial charge >= 0.3 is 6.09 Å². The highest BCUT2D eigenvalue weighted by Crippen LogP contribution is 2.21. The Balaban J connectivity index is 1.53. The van der Waals surface area contributed by atoms with E-state index in [0.29, 0.717) is 25.9 Å². The van der Waals surface area contributed by atoms with Gasteiger partial charge in [0.2, 0.25) is 5.91 Å². The van der Waals surface area contributed by atoms with E-state index in [4.69, 9.17) is 4.74 Å². The van der Waals surface area contributed by atoms with Crippen molar-refractivity contribution in [1.29, 1.82) is 0 Å². The van der Waals surface area contributed by atoms with Crippen LogP contribution in [0.25, 0.3) is 0 Å². The van der Waals surface area contributed by atoms with Crippen molar-refractivity contribution in [2.45, 2.75) is 30.2 Å². The highest BCUT2D eigenvalue weighted by Gasteiger charge is 2.41. The van der Waals surface area contributed by atoms with Crippen LogP contribution in [0.15, 0.2) is 29.2 Å². The highest BCUT2D eigenvalue weighted by atomic mass is 32.2. The number of imide groups is 1. The molecule has 1 atom stereocenters. The molecule has 2 aliphatic rings. The van der Waals surface area contributed by atoms with E-state index in [1.807, 2.05) is 0 Å². The van der Waals surface area contributed by atoms with Crippen LogP contribution in [0.1, 0.15) is 18.4 Å². The summed E-state index contributed by atoms with van der Waals surface area (Å²) in [6.45, 7) is 0.590. The van der Waals surface area contributed by atoms with Gasteiger partial charge in [-0.1, -0.05) is 12.1 Å². The molecule has 0 saturated carbocycles. The van der Waals surface area contributed by atoms with Crippen molar-refractivity contribution in [2.24, 2.45) is 0 Å². The number of benzene rings is 1. The van der Waals surface area contributed by atoms with Crippen molar-refractivity contribution in [3.63, 3.8) is 0 Å². The topological polar surface area (TPSA) is 101 Å². The molecule has 0 spiro atoms. The van der Waals surface area contributed by atoms with E-state index in [9.17, 15) is 22.8 Å². The predicted molar refractivity (Wildman–Crippen MR) is 91.1 cm³/mol. The lowest BCUT2D eigenvalue weighted by molar-refractivity contribution is -0.131. The number of sulfone groups is 1. The molecule has 1 aromatic rings. The van der Waals surface area contributed by atoms with Crippen LogP contribution in [0.4, 0.5) is 4.79 Å². The van der Waals surface area contributed by atoms with Gasteiger partial charge in [0.25, 0.3) is 5.91 Å². The summed E-state index contributed by atoms with van der Waals surface area (Å²) >= 11 is 0. The highest BCUT2D eigenvalue weighted by molar-refractivity contribution is 7.90. The van der Waals surface area contributed by atoms with Gasteiger partial charge in [0, 0.05) is 25.8 Å². The molecule has 0 bridgehead atoms. The van der Waals surface area contributed by atoms with Crippen LogP contribution in [0, 0.1) is 0 Å². The summed E-state index contributed by atoms with van der Waals surface area (Å²) < 4.78 is 27.6. The number of amides is 3. The number of cyclic esters (lactones) is 1. The van der Waals surface area contributed by atoms with Gasteiger partial charge in [0.05, 0.1) is 10.9 Å². The van der Waals surface area contributed by atoms with Crippen molar-refractivity contribution < 1.29 is 27.5 Å². The molecule has 26 heavy (non-hydrogen) atoms. The van der Waals surface area contributed by atoms with E-state index in [1.165, 1.54) is 12.1 Å². The molecular formula is C17H20N2O6S. The van der Waals surface area contributed by atoms with Crippen LogP contribution in [-0.2, 0) is 30.6 Å². The Morgan fingerprint density at radius 1 is 1.23 bits per heavy atom. The second-order valence-corrected chi connectivity index (χ2v) is 8.53. The van der Waals surface area contributed by atoms with Crippen LogP contribution in [-0.4, -0.2) is 68.1 Å². The van der Waals surface area contributed by atoms with Crippen molar-refractivity contribution >= 4 is 27.7 Å². The molecule has 1 aromatic carbocycles. The van der Waals surface area contributed by atoms with Crippen molar-refractivity contribution in [3.05, 3.63) is 29.8 Å². The summed E-state index contributed by atoms with van der Waals surface area (Å²) in [6, 6.07) is 6.15. The Morgan fingerprint density at radius 2 is 1.92 bits per heavy atom. The van der Waals surface area contributed by atoms with E-state index in [0.717, 1.165) is 16.7 Å². The third kappa shape index (κ3) is 3.87. The number of hydrogen-bond donors (Lipinski definition) is 0.